The Bertz CT molecular complexity index is 928. The number of anilines is 1. The van der Waals surface area contributed by atoms with E-state index in [1.165, 1.54) is 0 Å². The average Bonchev–Trinajstić information content (AvgIpc) is 2.96. The van der Waals surface area contributed by atoms with Gasteiger partial charge in [0.2, 0.25) is 5.91 Å². The van der Waals surface area contributed by atoms with E-state index in [9.17, 15) is 14.4 Å². The van der Waals surface area contributed by atoms with Gasteiger partial charge in [0.05, 0.1) is 0 Å². The SMILES string of the molecule is CC(C)CCC1(C)NC(=O)N(CC(=O)Nc2ccc(OCc3ccccc3)cc2)C1=O. The average molecular weight is 424 g/mol. The molecule has 1 heterocycles. The van der Waals surface area contributed by atoms with Crippen LogP contribution in [0.1, 0.15) is 39.2 Å². The Hall–Kier alpha value is -3.35. The minimum absolute atomic E-state index is 0.325. The fourth-order valence-electron chi connectivity index (χ4n) is 3.36. The molecule has 31 heavy (non-hydrogen) atoms. The van der Waals surface area contributed by atoms with Gasteiger partial charge in [0.1, 0.15) is 24.4 Å². The number of carbonyl (C=O) groups is 3. The lowest BCUT2D eigenvalue weighted by molar-refractivity contribution is -0.133. The summed E-state index contributed by atoms with van der Waals surface area (Å²) < 4.78 is 5.73. The third-order valence-corrected chi connectivity index (χ3v) is 5.25. The fraction of sp³-hybridized carbons (Fsp3) is 0.375. The van der Waals surface area contributed by atoms with E-state index >= 15 is 0 Å². The number of rotatable bonds is 9. The first kappa shape index (κ1) is 22.3. The molecule has 2 N–H and O–H groups in total. The maximum absolute atomic E-state index is 12.7. The van der Waals surface area contributed by atoms with Crippen LogP contribution in [-0.2, 0) is 16.2 Å². The largest absolute Gasteiger partial charge is 0.489 e. The van der Waals surface area contributed by atoms with Crippen molar-refractivity contribution in [1.29, 1.82) is 0 Å². The lowest BCUT2D eigenvalue weighted by Crippen LogP contribution is -2.44. The van der Waals surface area contributed by atoms with Crippen LogP contribution in [0.15, 0.2) is 54.6 Å². The predicted molar refractivity (Wildman–Crippen MR) is 119 cm³/mol. The highest BCUT2D eigenvalue weighted by Crippen LogP contribution is 2.25. The van der Waals surface area contributed by atoms with Crippen LogP contribution in [0.4, 0.5) is 10.5 Å². The number of hydrogen-bond acceptors (Lipinski definition) is 4. The van der Waals surface area contributed by atoms with Gasteiger partial charge in [0.25, 0.3) is 5.91 Å². The van der Waals surface area contributed by atoms with Crippen molar-refractivity contribution in [2.45, 2.75) is 45.8 Å². The molecule has 1 atom stereocenters. The van der Waals surface area contributed by atoms with Crippen LogP contribution in [0.25, 0.3) is 0 Å². The third kappa shape index (κ3) is 5.84. The van der Waals surface area contributed by atoms with Crippen molar-refractivity contribution in [2.75, 3.05) is 11.9 Å². The molecule has 1 saturated heterocycles. The Morgan fingerprint density at radius 3 is 2.42 bits per heavy atom. The van der Waals surface area contributed by atoms with Gasteiger partial charge >= 0.3 is 6.03 Å². The van der Waals surface area contributed by atoms with Crippen molar-refractivity contribution in [3.05, 3.63) is 60.2 Å². The first-order chi connectivity index (χ1) is 14.8. The molecule has 1 aliphatic heterocycles. The molecule has 4 amide bonds. The van der Waals surface area contributed by atoms with E-state index in [0.29, 0.717) is 30.4 Å². The highest BCUT2D eigenvalue weighted by molar-refractivity contribution is 6.09. The second kappa shape index (κ2) is 9.64. The van der Waals surface area contributed by atoms with Crippen molar-refractivity contribution < 1.29 is 19.1 Å². The van der Waals surface area contributed by atoms with Crippen molar-refractivity contribution in [3.63, 3.8) is 0 Å². The Morgan fingerprint density at radius 1 is 1.10 bits per heavy atom. The molecule has 1 fully saturated rings. The van der Waals surface area contributed by atoms with Crippen LogP contribution in [0, 0.1) is 5.92 Å². The molecule has 2 aromatic carbocycles. The van der Waals surface area contributed by atoms with Crippen LogP contribution in [-0.4, -0.2) is 34.8 Å². The van der Waals surface area contributed by atoms with Gasteiger partial charge < -0.3 is 15.4 Å². The Morgan fingerprint density at radius 2 is 1.77 bits per heavy atom. The molecule has 1 unspecified atom stereocenters. The van der Waals surface area contributed by atoms with Crippen LogP contribution < -0.4 is 15.4 Å². The number of nitrogens with one attached hydrogen (secondary N) is 2. The second-order valence-electron chi connectivity index (χ2n) is 8.43. The minimum atomic E-state index is -0.959. The van der Waals surface area contributed by atoms with E-state index in [-0.39, 0.29) is 12.5 Å². The van der Waals surface area contributed by atoms with Crippen molar-refractivity contribution in [3.8, 4) is 5.75 Å². The summed E-state index contributed by atoms with van der Waals surface area (Å²) in [6.45, 7) is 5.96. The molecular formula is C24H29N3O4. The molecule has 0 spiro atoms. The minimum Gasteiger partial charge on any atom is -0.489 e. The summed E-state index contributed by atoms with van der Waals surface area (Å²) in [5, 5.41) is 5.45. The lowest BCUT2D eigenvalue weighted by atomic mass is 9.92. The highest BCUT2D eigenvalue weighted by atomic mass is 16.5. The lowest BCUT2D eigenvalue weighted by Gasteiger charge is -2.22. The molecule has 164 valence electrons. The summed E-state index contributed by atoms with van der Waals surface area (Å²) in [6.07, 6.45) is 1.35. The molecular weight excluding hydrogens is 394 g/mol. The Kier molecular flexibility index (Phi) is 6.95. The van der Waals surface area contributed by atoms with Crippen LogP contribution in [0.2, 0.25) is 0 Å². The predicted octanol–water partition coefficient (Wildman–Crippen LogP) is 3.95. The van der Waals surface area contributed by atoms with Crippen molar-refractivity contribution in [1.82, 2.24) is 10.2 Å². The first-order valence-corrected chi connectivity index (χ1v) is 10.5. The zero-order chi connectivity index (χ0) is 22.4. The van der Waals surface area contributed by atoms with Gasteiger partial charge in [-0.15, -0.1) is 0 Å². The number of imide groups is 1. The number of urea groups is 1. The molecule has 3 rings (SSSR count). The zero-order valence-electron chi connectivity index (χ0n) is 18.2. The van der Waals surface area contributed by atoms with E-state index < -0.39 is 17.5 Å². The van der Waals surface area contributed by atoms with Crippen LogP contribution in [0.3, 0.4) is 0 Å². The maximum atomic E-state index is 12.7. The number of nitrogens with zero attached hydrogens (tertiary/aromatic N) is 1. The molecule has 1 aliphatic rings. The smallest absolute Gasteiger partial charge is 0.325 e. The van der Waals surface area contributed by atoms with E-state index in [2.05, 4.69) is 24.5 Å². The van der Waals surface area contributed by atoms with Gasteiger partial charge in [-0.05, 0) is 55.5 Å². The van der Waals surface area contributed by atoms with Gasteiger partial charge in [-0.25, -0.2) is 4.79 Å². The van der Waals surface area contributed by atoms with Crippen molar-refractivity contribution in [2.24, 2.45) is 5.92 Å². The molecule has 0 bridgehead atoms. The standard InChI is InChI=1S/C24H29N3O4/c1-17(2)13-14-24(3)22(29)27(23(30)26-24)15-21(28)25-19-9-11-20(12-10-19)31-16-18-7-5-4-6-8-18/h4-12,17H,13-16H2,1-3H3,(H,25,28)(H,26,30). The molecule has 0 saturated carbocycles. The Balaban J connectivity index is 1.52. The zero-order valence-corrected chi connectivity index (χ0v) is 18.2. The number of hydrogen-bond donors (Lipinski definition) is 2. The van der Waals surface area contributed by atoms with Gasteiger partial charge in [0.15, 0.2) is 0 Å². The fourth-order valence-corrected chi connectivity index (χ4v) is 3.36. The monoisotopic (exact) mass is 423 g/mol. The second-order valence-corrected chi connectivity index (χ2v) is 8.43. The van der Waals surface area contributed by atoms with E-state index in [0.717, 1.165) is 16.9 Å². The number of amides is 4. The maximum Gasteiger partial charge on any atom is 0.325 e. The van der Waals surface area contributed by atoms with Gasteiger partial charge in [-0.3, -0.25) is 14.5 Å². The summed E-state index contributed by atoms with van der Waals surface area (Å²) in [5.41, 5.74) is 0.667. The molecule has 0 radical (unpaired) electrons. The number of benzene rings is 2. The Labute approximate surface area is 182 Å². The van der Waals surface area contributed by atoms with Crippen LogP contribution >= 0.6 is 0 Å². The topological polar surface area (TPSA) is 87.7 Å². The van der Waals surface area contributed by atoms with Crippen molar-refractivity contribution >= 4 is 23.5 Å². The normalized spacial score (nSPS) is 18.3. The summed E-state index contributed by atoms with van der Waals surface area (Å²) in [7, 11) is 0. The number of ether oxygens (including phenoxy) is 1. The van der Waals surface area contributed by atoms with E-state index in [1.807, 2.05) is 30.3 Å². The molecule has 7 nitrogen and oxygen atoms in total. The summed E-state index contributed by atoms with van der Waals surface area (Å²) in [4.78, 5) is 38.4. The number of carbonyl (C=O) groups excluding carboxylic acids is 3. The van der Waals surface area contributed by atoms with E-state index in [1.54, 1.807) is 31.2 Å². The first-order valence-electron chi connectivity index (χ1n) is 10.5. The highest BCUT2D eigenvalue weighted by Gasteiger charge is 2.47. The molecule has 0 aromatic heterocycles. The summed E-state index contributed by atoms with van der Waals surface area (Å²) >= 11 is 0. The summed E-state index contributed by atoms with van der Waals surface area (Å²) in [6, 6.07) is 16.3. The van der Waals surface area contributed by atoms with E-state index in [4.69, 9.17) is 4.74 Å². The third-order valence-electron chi connectivity index (χ3n) is 5.25. The quantitative estimate of drug-likeness (QED) is 0.598. The van der Waals surface area contributed by atoms with Gasteiger partial charge in [-0.1, -0.05) is 44.2 Å². The summed E-state index contributed by atoms with van der Waals surface area (Å²) in [5.74, 6) is 0.294. The molecule has 2 aromatic rings. The molecule has 7 heteroatoms. The van der Waals surface area contributed by atoms with Gasteiger partial charge in [-0.2, -0.15) is 0 Å². The molecule has 0 aliphatic carbocycles. The van der Waals surface area contributed by atoms with Crippen LogP contribution in [0.5, 0.6) is 5.75 Å². The van der Waals surface area contributed by atoms with Gasteiger partial charge in [0, 0.05) is 5.69 Å².